The molecule has 0 saturated carbocycles. The highest BCUT2D eigenvalue weighted by atomic mass is 16.2. The molecule has 156 valence electrons. The lowest BCUT2D eigenvalue weighted by Gasteiger charge is -2.28. The highest BCUT2D eigenvalue weighted by Crippen LogP contribution is 2.35. The first-order valence-electron chi connectivity index (χ1n) is 10.2. The Morgan fingerprint density at radius 1 is 0.806 bits per heavy atom. The lowest BCUT2D eigenvalue weighted by molar-refractivity contribution is -0.130. The molecule has 0 atom stereocenters. The minimum absolute atomic E-state index is 0.00665. The van der Waals surface area contributed by atoms with Crippen molar-refractivity contribution in [3.05, 3.63) is 108 Å². The fourth-order valence-electron chi connectivity index (χ4n) is 3.81. The highest BCUT2D eigenvalue weighted by molar-refractivity contribution is 6.09. The lowest BCUT2D eigenvalue weighted by atomic mass is 9.82. The highest BCUT2D eigenvalue weighted by Gasteiger charge is 2.53. The van der Waals surface area contributed by atoms with Gasteiger partial charge in [0.05, 0.1) is 0 Å². The molecule has 2 N–H and O–H groups in total. The number of nitrogens with zero attached hydrogens (tertiary/aromatic N) is 1. The van der Waals surface area contributed by atoms with E-state index in [-0.39, 0.29) is 24.8 Å². The topological polar surface area (TPSA) is 78.5 Å². The van der Waals surface area contributed by atoms with Crippen LogP contribution in [0.25, 0.3) is 0 Å². The number of benzene rings is 3. The number of imide groups is 1. The van der Waals surface area contributed by atoms with E-state index in [2.05, 4.69) is 10.6 Å². The molecule has 4 rings (SSSR count). The summed E-state index contributed by atoms with van der Waals surface area (Å²) in [6, 6.07) is 27.4. The van der Waals surface area contributed by atoms with Crippen molar-refractivity contribution >= 4 is 17.8 Å². The second-order valence-electron chi connectivity index (χ2n) is 7.38. The van der Waals surface area contributed by atoms with E-state index in [1.165, 1.54) is 0 Å². The largest absolute Gasteiger partial charge is 0.352 e. The summed E-state index contributed by atoms with van der Waals surface area (Å²) in [4.78, 5) is 39.8. The van der Waals surface area contributed by atoms with Gasteiger partial charge in [-0.2, -0.15) is 0 Å². The fourth-order valence-corrected chi connectivity index (χ4v) is 3.81. The van der Waals surface area contributed by atoms with Crippen LogP contribution in [0.15, 0.2) is 91.0 Å². The van der Waals surface area contributed by atoms with Crippen LogP contribution in [-0.4, -0.2) is 29.3 Å². The predicted octanol–water partition coefficient (Wildman–Crippen LogP) is 3.19. The molecule has 6 heteroatoms. The maximum atomic E-state index is 13.5. The summed E-state index contributed by atoms with van der Waals surface area (Å²) in [5.74, 6) is -0.605. The molecule has 0 spiro atoms. The quantitative estimate of drug-likeness (QED) is 0.584. The molecule has 0 bridgehead atoms. The fraction of sp³-hybridized carbons (Fsp3) is 0.160. The van der Waals surface area contributed by atoms with E-state index < -0.39 is 11.6 Å². The molecular formula is C25H23N3O3. The monoisotopic (exact) mass is 413 g/mol. The van der Waals surface area contributed by atoms with Gasteiger partial charge in [0, 0.05) is 19.5 Å². The van der Waals surface area contributed by atoms with Crippen molar-refractivity contribution < 1.29 is 14.4 Å². The molecule has 1 aliphatic rings. The van der Waals surface area contributed by atoms with Gasteiger partial charge in [0.15, 0.2) is 5.54 Å². The molecule has 3 aromatic carbocycles. The van der Waals surface area contributed by atoms with Gasteiger partial charge < -0.3 is 10.6 Å². The molecule has 0 aromatic heterocycles. The van der Waals surface area contributed by atoms with Crippen LogP contribution < -0.4 is 10.6 Å². The molecule has 3 aromatic rings. The number of urea groups is 1. The Morgan fingerprint density at radius 3 is 1.87 bits per heavy atom. The van der Waals surface area contributed by atoms with E-state index in [1.54, 1.807) is 0 Å². The molecular weight excluding hydrogens is 390 g/mol. The Labute approximate surface area is 180 Å². The Kier molecular flexibility index (Phi) is 5.80. The van der Waals surface area contributed by atoms with E-state index >= 15 is 0 Å². The van der Waals surface area contributed by atoms with Crippen LogP contribution in [-0.2, 0) is 21.7 Å². The van der Waals surface area contributed by atoms with Gasteiger partial charge in [-0.25, -0.2) is 4.79 Å². The van der Waals surface area contributed by atoms with Crippen LogP contribution in [0.1, 0.15) is 23.1 Å². The number of hydrogen-bond donors (Lipinski definition) is 2. The van der Waals surface area contributed by atoms with Gasteiger partial charge in [-0.1, -0.05) is 91.0 Å². The third-order valence-electron chi connectivity index (χ3n) is 5.41. The average Bonchev–Trinajstić information content (AvgIpc) is 3.08. The van der Waals surface area contributed by atoms with E-state index in [4.69, 9.17) is 0 Å². The van der Waals surface area contributed by atoms with Crippen LogP contribution in [0.2, 0.25) is 0 Å². The van der Waals surface area contributed by atoms with Gasteiger partial charge in [0.25, 0.3) is 5.91 Å². The number of hydrogen-bond acceptors (Lipinski definition) is 3. The maximum Gasteiger partial charge on any atom is 0.325 e. The Hall–Kier alpha value is -3.93. The lowest BCUT2D eigenvalue weighted by Crippen LogP contribution is -2.45. The summed E-state index contributed by atoms with van der Waals surface area (Å²) < 4.78 is 0. The normalized spacial score (nSPS) is 14.9. The van der Waals surface area contributed by atoms with Gasteiger partial charge >= 0.3 is 6.03 Å². The number of amides is 4. The summed E-state index contributed by atoms with van der Waals surface area (Å²) in [5, 5.41) is 5.72. The number of carbonyl (C=O) groups excluding carboxylic acids is 3. The molecule has 0 radical (unpaired) electrons. The van der Waals surface area contributed by atoms with Gasteiger partial charge in [-0.15, -0.1) is 0 Å². The summed E-state index contributed by atoms with van der Waals surface area (Å²) >= 11 is 0. The summed E-state index contributed by atoms with van der Waals surface area (Å²) in [7, 11) is 0. The van der Waals surface area contributed by atoms with Crippen molar-refractivity contribution in [1.82, 2.24) is 15.5 Å². The zero-order valence-electron chi connectivity index (χ0n) is 17.0. The molecule has 1 saturated heterocycles. The molecule has 4 amide bonds. The summed E-state index contributed by atoms with van der Waals surface area (Å²) in [5.41, 5.74) is 1.03. The number of rotatable bonds is 7. The summed E-state index contributed by atoms with van der Waals surface area (Å²) in [6.07, 6.45) is 0.0334. The van der Waals surface area contributed by atoms with Gasteiger partial charge in [0.1, 0.15) is 0 Å². The second kappa shape index (κ2) is 8.83. The number of carbonyl (C=O) groups is 3. The van der Waals surface area contributed by atoms with E-state index in [0.29, 0.717) is 17.7 Å². The van der Waals surface area contributed by atoms with E-state index in [1.807, 2.05) is 91.0 Å². The summed E-state index contributed by atoms with van der Waals surface area (Å²) in [6.45, 7) is 0.407. The van der Waals surface area contributed by atoms with Crippen LogP contribution in [0.4, 0.5) is 4.79 Å². The Balaban J connectivity index is 1.51. The van der Waals surface area contributed by atoms with Crippen molar-refractivity contribution in [2.24, 2.45) is 0 Å². The van der Waals surface area contributed by atoms with Crippen molar-refractivity contribution in [3.63, 3.8) is 0 Å². The molecule has 6 nitrogen and oxygen atoms in total. The number of nitrogens with one attached hydrogen (secondary N) is 2. The smallest absolute Gasteiger partial charge is 0.325 e. The third kappa shape index (κ3) is 4.05. The minimum atomic E-state index is -1.31. The third-order valence-corrected chi connectivity index (χ3v) is 5.41. The van der Waals surface area contributed by atoms with Crippen molar-refractivity contribution in [2.45, 2.75) is 18.5 Å². The van der Waals surface area contributed by atoms with Crippen LogP contribution >= 0.6 is 0 Å². The zero-order chi connectivity index (χ0) is 21.7. The predicted molar refractivity (Wildman–Crippen MR) is 117 cm³/mol. The second-order valence-corrected chi connectivity index (χ2v) is 7.38. The van der Waals surface area contributed by atoms with Gasteiger partial charge in [-0.3, -0.25) is 14.5 Å². The zero-order valence-corrected chi connectivity index (χ0v) is 17.0. The van der Waals surface area contributed by atoms with Crippen LogP contribution in [0, 0.1) is 0 Å². The van der Waals surface area contributed by atoms with Gasteiger partial charge in [0.2, 0.25) is 5.91 Å². The van der Waals surface area contributed by atoms with E-state index in [9.17, 15) is 14.4 Å². The maximum absolute atomic E-state index is 13.5. The SMILES string of the molecule is O=C(CCN1C(=O)NC(c2ccccc2)(c2ccccc2)C1=O)NCc1ccccc1. The van der Waals surface area contributed by atoms with Crippen molar-refractivity contribution in [3.8, 4) is 0 Å². The van der Waals surface area contributed by atoms with E-state index in [0.717, 1.165) is 10.5 Å². The molecule has 0 aliphatic carbocycles. The molecule has 1 fully saturated rings. The molecule has 0 unspecified atom stereocenters. The first-order valence-corrected chi connectivity index (χ1v) is 10.2. The van der Waals surface area contributed by atoms with Gasteiger partial charge in [-0.05, 0) is 16.7 Å². The first kappa shape index (κ1) is 20.3. The molecule has 1 heterocycles. The standard InChI is InChI=1S/C25H23N3O3/c29-22(26-18-19-10-4-1-5-11-19)16-17-28-23(30)25(27-24(28)31,20-12-6-2-7-13-20)21-14-8-3-9-15-21/h1-15H,16-18H2,(H,26,29)(H,27,31). The van der Waals surface area contributed by atoms with Crippen molar-refractivity contribution in [2.75, 3.05) is 6.54 Å². The minimum Gasteiger partial charge on any atom is -0.352 e. The van der Waals surface area contributed by atoms with Crippen molar-refractivity contribution in [1.29, 1.82) is 0 Å². The Bertz CT molecular complexity index is 1030. The molecule has 1 aliphatic heterocycles. The molecule has 31 heavy (non-hydrogen) atoms. The van der Waals surface area contributed by atoms with Crippen LogP contribution in [0.3, 0.4) is 0 Å². The van der Waals surface area contributed by atoms with Crippen LogP contribution in [0.5, 0.6) is 0 Å². The first-order chi connectivity index (χ1) is 15.1. The average molecular weight is 413 g/mol. The Morgan fingerprint density at radius 2 is 1.32 bits per heavy atom.